The van der Waals surface area contributed by atoms with Gasteiger partial charge in [0.2, 0.25) is 15.9 Å². The standard InChI is InChI=1S/C20H26N2O4S/c1-15-8-10-18(11-9-15)27(24,25)22(4)14-20(23)21-12-13-26-19-7-5-6-16(2)17(19)3/h5-11H,12-14H2,1-4H3,(H,21,23). The molecule has 0 bridgehead atoms. The lowest BCUT2D eigenvalue weighted by Crippen LogP contribution is -2.39. The molecule has 0 unspecified atom stereocenters. The number of hydrogen-bond donors (Lipinski definition) is 1. The normalized spacial score (nSPS) is 11.4. The summed E-state index contributed by atoms with van der Waals surface area (Å²) in [5.41, 5.74) is 3.17. The Morgan fingerprint density at radius 2 is 1.74 bits per heavy atom. The Hall–Kier alpha value is -2.38. The summed E-state index contributed by atoms with van der Waals surface area (Å²) < 4.78 is 31.7. The van der Waals surface area contributed by atoms with Crippen molar-refractivity contribution in [3.05, 3.63) is 59.2 Å². The van der Waals surface area contributed by atoms with Crippen molar-refractivity contribution in [2.75, 3.05) is 26.7 Å². The van der Waals surface area contributed by atoms with Crippen molar-refractivity contribution < 1.29 is 17.9 Å². The molecular formula is C20H26N2O4S. The Morgan fingerprint density at radius 1 is 1.07 bits per heavy atom. The highest BCUT2D eigenvalue weighted by Gasteiger charge is 2.22. The number of amides is 1. The molecule has 2 rings (SSSR count). The average Bonchev–Trinajstić information content (AvgIpc) is 2.62. The maximum Gasteiger partial charge on any atom is 0.243 e. The number of nitrogens with one attached hydrogen (secondary N) is 1. The molecule has 0 saturated heterocycles. The van der Waals surface area contributed by atoms with E-state index in [1.54, 1.807) is 12.1 Å². The minimum atomic E-state index is -3.69. The SMILES string of the molecule is Cc1ccc(S(=O)(=O)N(C)CC(=O)NCCOc2cccc(C)c2C)cc1. The first-order valence-corrected chi connectivity index (χ1v) is 10.1. The van der Waals surface area contributed by atoms with Gasteiger partial charge in [0.15, 0.2) is 0 Å². The van der Waals surface area contributed by atoms with Crippen molar-refractivity contribution in [1.82, 2.24) is 9.62 Å². The molecule has 1 N–H and O–H groups in total. The molecule has 0 spiro atoms. The summed E-state index contributed by atoms with van der Waals surface area (Å²) in [5.74, 6) is 0.404. The van der Waals surface area contributed by atoms with Crippen molar-refractivity contribution in [2.45, 2.75) is 25.7 Å². The Labute approximate surface area is 161 Å². The van der Waals surface area contributed by atoms with Gasteiger partial charge < -0.3 is 10.1 Å². The van der Waals surface area contributed by atoms with Gasteiger partial charge >= 0.3 is 0 Å². The summed E-state index contributed by atoms with van der Waals surface area (Å²) in [4.78, 5) is 12.2. The molecule has 0 saturated carbocycles. The second-order valence-electron chi connectivity index (χ2n) is 6.47. The monoisotopic (exact) mass is 390 g/mol. The van der Waals surface area contributed by atoms with Crippen LogP contribution in [0.4, 0.5) is 0 Å². The Bertz CT molecular complexity index is 893. The van der Waals surface area contributed by atoms with Gasteiger partial charge in [-0.25, -0.2) is 8.42 Å². The highest BCUT2D eigenvalue weighted by molar-refractivity contribution is 7.89. The average molecular weight is 391 g/mol. The van der Waals surface area contributed by atoms with E-state index in [1.807, 2.05) is 39.0 Å². The number of aryl methyl sites for hydroxylation is 2. The molecule has 27 heavy (non-hydrogen) atoms. The van der Waals surface area contributed by atoms with Crippen molar-refractivity contribution in [3.8, 4) is 5.75 Å². The summed E-state index contributed by atoms with van der Waals surface area (Å²) >= 11 is 0. The molecule has 0 radical (unpaired) electrons. The lowest BCUT2D eigenvalue weighted by Gasteiger charge is -2.17. The zero-order chi connectivity index (χ0) is 20.0. The van der Waals surface area contributed by atoms with Gasteiger partial charge in [0.05, 0.1) is 18.0 Å². The quantitative estimate of drug-likeness (QED) is 0.703. The maximum absolute atomic E-state index is 12.5. The van der Waals surface area contributed by atoms with Gasteiger partial charge in [-0.15, -0.1) is 0 Å². The summed E-state index contributed by atoms with van der Waals surface area (Å²) in [6, 6.07) is 12.3. The maximum atomic E-state index is 12.5. The van der Waals surface area contributed by atoms with E-state index in [-0.39, 0.29) is 17.3 Å². The van der Waals surface area contributed by atoms with E-state index in [1.165, 1.54) is 19.2 Å². The van der Waals surface area contributed by atoms with Crippen LogP contribution in [0.1, 0.15) is 16.7 Å². The van der Waals surface area contributed by atoms with Gasteiger partial charge in [-0.1, -0.05) is 29.8 Å². The molecule has 0 aliphatic rings. The van der Waals surface area contributed by atoms with Crippen molar-refractivity contribution in [1.29, 1.82) is 0 Å². The third-order valence-electron chi connectivity index (χ3n) is 4.33. The molecule has 7 heteroatoms. The smallest absolute Gasteiger partial charge is 0.243 e. The number of sulfonamides is 1. The Balaban J connectivity index is 1.82. The summed E-state index contributed by atoms with van der Waals surface area (Å²) in [7, 11) is -2.30. The second kappa shape index (κ2) is 9.01. The lowest BCUT2D eigenvalue weighted by atomic mass is 10.1. The number of hydrogen-bond acceptors (Lipinski definition) is 4. The van der Waals surface area contributed by atoms with E-state index >= 15 is 0 Å². The molecule has 0 aliphatic carbocycles. The molecule has 6 nitrogen and oxygen atoms in total. The van der Waals surface area contributed by atoms with E-state index in [4.69, 9.17) is 4.74 Å². The van der Waals surface area contributed by atoms with Gasteiger partial charge in [-0.3, -0.25) is 4.79 Å². The molecule has 2 aromatic carbocycles. The highest BCUT2D eigenvalue weighted by atomic mass is 32.2. The van der Waals surface area contributed by atoms with Crippen molar-refractivity contribution in [2.24, 2.45) is 0 Å². The molecule has 1 amide bonds. The number of ether oxygens (including phenoxy) is 1. The van der Waals surface area contributed by atoms with Crippen molar-refractivity contribution >= 4 is 15.9 Å². The van der Waals surface area contributed by atoms with Crippen LogP contribution in [-0.2, 0) is 14.8 Å². The molecule has 0 heterocycles. The predicted molar refractivity (Wildman–Crippen MR) is 105 cm³/mol. The fraction of sp³-hybridized carbons (Fsp3) is 0.350. The van der Waals surface area contributed by atoms with Crippen LogP contribution in [0.3, 0.4) is 0 Å². The Kier molecular flexibility index (Phi) is 6.98. The van der Waals surface area contributed by atoms with E-state index in [0.717, 1.165) is 26.7 Å². The molecule has 146 valence electrons. The van der Waals surface area contributed by atoms with Gasteiger partial charge in [0.1, 0.15) is 12.4 Å². The van der Waals surface area contributed by atoms with E-state index in [2.05, 4.69) is 5.32 Å². The van der Waals surface area contributed by atoms with E-state index < -0.39 is 10.0 Å². The first-order valence-electron chi connectivity index (χ1n) is 8.70. The zero-order valence-corrected chi connectivity index (χ0v) is 17.0. The number of rotatable bonds is 8. The van der Waals surface area contributed by atoms with E-state index in [0.29, 0.717) is 13.2 Å². The third kappa shape index (κ3) is 5.55. The highest BCUT2D eigenvalue weighted by Crippen LogP contribution is 2.20. The summed E-state index contributed by atoms with van der Waals surface area (Å²) in [6.45, 7) is 6.23. The molecule has 0 aromatic heterocycles. The van der Waals surface area contributed by atoms with Gasteiger partial charge in [0, 0.05) is 7.05 Å². The number of carbonyl (C=O) groups is 1. The van der Waals surface area contributed by atoms with Crippen LogP contribution < -0.4 is 10.1 Å². The molecule has 0 aliphatic heterocycles. The fourth-order valence-electron chi connectivity index (χ4n) is 2.47. The van der Waals surface area contributed by atoms with Crippen LogP contribution in [0.25, 0.3) is 0 Å². The van der Waals surface area contributed by atoms with Crippen LogP contribution in [-0.4, -0.2) is 45.4 Å². The van der Waals surface area contributed by atoms with Gasteiger partial charge in [-0.05, 0) is 50.1 Å². The summed E-state index contributed by atoms with van der Waals surface area (Å²) in [5, 5.41) is 2.68. The predicted octanol–water partition coefficient (Wildman–Crippen LogP) is 2.43. The minimum absolute atomic E-state index is 0.168. The van der Waals surface area contributed by atoms with E-state index in [9.17, 15) is 13.2 Å². The fourth-order valence-corrected chi connectivity index (χ4v) is 3.59. The number of nitrogens with zero attached hydrogens (tertiary/aromatic N) is 1. The van der Waals surface area contributed by atoms with Crippen molar-refractivity contribution in [3.63, 3.8) is 0 Å². The van der Waals surface area contributed by atoms with Gasteiger partial charge in [0.25, 0.3) is 0 Å². The zero-order valence-electron chi connectivity index (χ0n) is 16.2. The van der Waals surface area contributed by atoms with Crippen LogP contribution in [0, 0.1) is 20.8 Å². The number of likely N-dealkylation sites (N-methyl/N-ethyl adjacent to an activating group) is 1. The number of carbonyl (C=O) groups excluding carboxylic acids is 1. The molecule has 0 atom stereocenters. The van der Waals surface area contributed by atoms with Crippen LogP contribution >= 0.6 is 0 Å². The first-order chi connectivity index (χ1) is 12.7. The lowest BCUT2D eigenvalue weighted by molar-refractivity contribution is -0.121. The number of benzene rings is 2. The van der Waals surface area contributed by atoms with Crippen LogP contribution in [0.5, 0.6) is 5.75 Å². The first kappa shape index (κ1) is 20.9. The summed E-state index contributed by atoms with van der Waals surface area (Å²) in [6.07, 6.45) is 0. The molecule has 0 fully saturated rings. The van der Waals surface area contributed by atoms with Crippen LogP contribution in [0.2, 0.25) is 0 Å². The molecular weight excluding hydrogens is 364 g/mol. The third-order valence-corrected chi connectivity index (χ3v) is 6.15. The minimum Gasteiger partial charge on any atom is -0.491 e. The largest absolute Gasteiger partial charge is 0.491 e. The van der Waals surface area contributed by atoms with Crippen LogP contribution in [0.15, 0.2) is 47.4 Å². The Morgan fingerprint density at radius 3 is 2.41 bits per heavy atom. The second-order valence-corrected chi connectivity index (χ2v) is 8.52. The molecule has 2 aromatic rings. The topological polar surface area (TPSA) is 75.7 Å². The van der Waals surface area contributed by atoms with Gasteiger partial charge in [-0.2, -0.15) is 4.31 Å².